The van der Waals surface area contributed by atoms with Gasteiger partial charge >= 0.3 is 0 Å². The highest BCUT2D eigenvalue weighted by atomic mass is 32.2. The maximum absolute atomic E-state index is 12.2. The number of carbonyl (C=O) groups is 2. The van der Waals surface area contributed by atoms with Gasteiger partial charge in [0.25, 0.3) is 0 Å². The van der Waals surface area contributed by atoms with Crippen LogP contribution in [0, 0.1) is 17.8 Å². The molecule has 1 saturated heterocycles. The van der Waals surface area contributed by atoms with Gasteiger partial charge in [-0.3, -0.25) is 14.6 Å². The molecule has 5 rings (SSSR count). The van der Waals surface area contributed by atoms with E-state index in [2.05, 4.69) is 17.2 Å². The third-order valence-electron chi connectivity index (χ3n) is 5.94. The minimum atomic E-state index is -0.359. The second-order valence-electron chi connectivity index (χ2n) is 7.95. The number of nitrogens with one attached hydrogen (secondary N) is 2. The summed E-state index contributed by atoms with van der Waals surface area (Å²) in [7, 11) is 0. The number of amides is 2. The van der Waals surface area contributed by atoms with Crippen molar-refractivity contribution in [1.29, 1.82) is 0 Å². The van der Waals surface area contributed by atoms with E-state index >= 15 is 0 Å². The smallest absolute Gasteiger partial charge is 0.240 e. The molecule has 6 heteroatoms. The van der Waals surface area contributed by atoms with Crippen LogP contribution in [0.5, 0.6) is 0 Å². The summed E-state index contributed by atoms with van der Waals surface area (Å²) in [5.74, 6) is 2.31. The molecule has 5 fully saturated rings. The zero-order chi connectivity index (χ0) is 16.7. The van der Waals surface area contributed by atoms with E-state index in [9.17, 15) is 9.59 Å². The number of nitrogens with zero attached hydrogens (tertiary/aromatic N) is 1. The van der Waals surface area contributed by atoms with Gasteiger partial charge < -0.3 is 10.6 Å². The van der Waals surface area contributed by atoms with Gasteiger partial charge in [-0.15, -0.1) is 6.58 Å². The molecule has 1 aliphatic heterocycles. The summed E-state index contributed by atoms with van der Waals surface area (Å²) >= 11 is 1.43. The second kappa shape index (κ2) is 6.21. The first kappa shape index (κ1) is 16.2. The van der Waals surface area contributed by atoms with Crippen molar-refractivity contribution in [2.45, 2.75) is 55.7 Å². The maximum atomic E-state index is 12.2. The largest absolute Gasteiger partial charge is 0.353 e. The van der Waals surface area contributed by atoms with Gasteiger partial charge in [0.05, 0.1) is 5.54 Å². The Kier molecular flexibility index (Phi) is 4.19. The number of aliphatic imine (C=N–C) groups is 1. The number of carbonyl (C=O) groups excluding carboxylic acids is 2. The van der Waals surface area contributed by atoms with Crippen LogP contribution in [0.2, 0.25) is 0 Å². The van der Waals surface area contributed by atoms with Gasteiger partial charge in [0.15, 0.2) is 5.17 Å². The minimum absolute atomic E-state index is 0.0599. The second-order valence-corrected chi connectivity index (χ2v) is 9.14. The Hall–Kier alpha value is -1.30. The SMILES string of the molecule is C=CCNC(=O)CC1SC(=NC23CC4CC(CC(C4)C2)C3)NC1=O. The van der Waals surface area contributed by atoms with E-state index in [1.807, 2.05) is 0 Å². The highest BCUT2D eigenvalue weighted by Crippen LogP contribution is 2.57. The number of hydrogen-bond acceptors (Lipinski definition) is 4. The van der Waals surface area contributed by atoms with E-state index in [0.29, 0.717) is 6.54 Å². The zero-order valence-corrected chi connectivity index (χ0v) is 14.7. The standard InChI is InChI=1S/C18H25N3O2S/c1-2-3-19-15(22)7-14-16(23)20-17(24-14)21-18-8-11-4-12(9-18)6-13(5-11)10-18/h2,11-14H,1,3-10H2,(H,19,22)(H,20,21,23). The van der Waals surface area contributed by atoms with E-state index in [0.717, 1.165) is 22.9 Å². The first-order valence-electron chi connectivity index (χ1n) is 9.00. The van der Waals surface area contributed by atoms with E-state index in [1.54, 1.807) is 6.08 Å². The average Bonchev–Trinajstić information content (AvgIpc) is 2.82. The van der Waals surface area contributed by atoms with Crippen LogP contribution in [-0.2, 0) is 9.59 Å². The third kappa shape index (κ3) is 3.13. The summed E-state index contributed by atoms with van der Waals surface area (Å²) in [6.45, 7) is 4.01. The molecule has 1 heterocycles. The minimum Gasteiger partial charge on any atom is -0.353 e. The fraction of sp³-hybridized carbons (Fsp3) is 0.722. The van der Waals surface area contributed by atoms with Crippen LogP contribution < -0.4 is 10.6 Å². The first-order valence-corrected chi connectivity index (χ1v) is 9.88. The van der Waals surface area contributed by atoms with Crippen LogP contribution in [0.1, 0.15) is 44.9 Å². The third-order valence-corrected chi connectivity index (χ3v) is 7.02. The monoisotopic (exact) mass is 347 g/mol. The van der Waals surface area contributed by atoms with Crippen LogP contribution in [0.15, 0.2) is 17.6 Å². The number of thioether (sulfide) groups is 1. The molecule has 0 aromatic heterocycles. The molecule has 4 aliphatic carbocycles. The van der Waals surface area contributed by atoms with E-state index < -0.39 is 0 Å². The Morgan fingerprint density at radius 1 is 1.29 bits per heavy atom. The number of hydrogen-bond donors (Lipinski definition) is 2. The van der Waals surface area contributed by atoms with Crippen LogP contribution in [0.25, 0.3) is 0 Å². The number of rotatable bonds is 5. The lowest BCUT2D eigenvalue weighted by Crippen LogP contribution is -2.50. The van der Waals surface area contributed by atoms with Gasteiger partial charge in [0.1, 0.15) is 5.25 Å². The van der Waals surface area contributed by atoms with Crippen molar-refractivity contribution in [1.82, 2.24) is 10.6 Å². The van der Waals surface area contributed by atoms with Crippen LogP contribution >= 0.6 is 11.8 Å². The Morgan fingerprint density at radius 2 is 1.92 bits per heavy atom. The van der Waals surface area contributed by atoms with Crippen molar-refractivity contribution in [2.75, 3.05) is 6.54 Å². The first-order chi connectivity index (χ1) is 11.5. The number of amidine groups is 1. The Morgan fingerprint density at radius 3 is 2.50 bits per heavy atom. The van der Waals surface area contributed by atoms with Crippen molar-refractivity contribution in [3.05, 3.63) is 12.7 Å². The molecule has 0 aromatic carbocycles. The maximum Gasteiger partial charge on any atom is 0.240 e. The average molecular weight is 347 g/mol. The molecule has 0 radical (unpaired) electrons. The summed E-state index contributed by atoms with van der Waals surface area (Å²) in [4.78, 5) is 29.0. The molecule has 4 saturated carbocycles. The fourth-order valence-corrected chi connectivity index (χ4v) is 6.51. The van der Waals surface area contributed by atoms with Crippen LogP contribution in [-0.4, -0.2) is 34.3 Å². The molecule has 1 unspecified atom stereocenters. The predicted molar refractivity (Wildman–Crippen MR) is 95.7 cm³/mol. The van der Waals surface area contributed by atoms with Gasteiger partial charge in [-0.05, 0) is 56.3 Å². The van der Waals surface area contributed by atoms with Crippen molar-refractivity contribution < 1.29 is 9.59 Å². The molecule has 130 valence electrons. The zero-order valence-electron chi connectivity index (χ0n) is 13.9. The molecule has 2 N–H and O–H groups in total. The molecule has 1 atom stereocenters. The van der Waals surface area contributed by atoms with Gasteiger partial charge in [0.2, 0.25) is 11.8 Å². The van der Waals surface area contributed by atoms with Crippen LogP contribution in [0.4, 0.5) is 0 Å². The van der Waals surface area contributed by atoms with Crippen LogP contribution in [0.3, 0.4) is 0 Å². The molecular formula is C18H25N3O2S. The molecule has 0 aromatic rings. The summed E-state index contributed by atoms with van der Waals surface area (Å²) in [5, 5.41) is 6.03. The van der Waals surface area contributed by atoms with Gasteiger partial charge in [0, 0.05) is 13.0 Å². The predicted octanol–water partition coefficient (Wildman–Crippen LogP) is 2.24. The molecule has 4 bridgehead atoms. The van der Waals surface area contributed by atoms with E-state index in [1.165, 1.54) is 50.3 Å². The van der Waals surface area contributed by atoms with Crippen molar-refractivity contribution >= 4 is 28.7 Å². The van der Waals surface area contributed by atoms with Gasteiger partial charge in [-0.1, -0.05) is 17.8 Å². The molecular weight excluding hydrogens is 322 g/mol. The molecule has 5 aliphatic rings. The topological polar surface area (TPSA) is 70.6 Å². The lowest BCUT2D eigenvalue weighted by atomic mass is 9.53. The molecule has 2 amide bonds. The summed E-state index contributed by atoms with van der Waals surface area (Å²) in [5.41, 5.74) is 0.0599. The molecule has 0 spiro atoms. The molecule has 24 heavy (non-hydrogen) atoms. The summed E-state index contributed by atoms with van der Waals surface area (Å²) in [6, 6.07) is 0. The van der Waals surface area contributed by atoms with Crippen molar-refractivity contribution in [3.63, 3.8) is 0 Å². The quantitative estimate of drug-likeness (QED) is 0.749. The van der Waals surface area contributed by atoms with Crippen molar-refractivity contribution in [2.24, 2.45) is 22.7 Å². The Bertz CT molecular complexity index is 566. The van der Waals surface area contributed by atoms with Crippen molar-refractivity contribution in [3.8, 4) is 0 Å². The fourth-order valence-electron chi connectivity index (χ4n) is 5.44. The lowest BCUT2D eigenvalue weighted by molar-refractivity contribution is -0.124. The van der Waals surface area contributed by atoms with E-state index in [-0.39, 0.29) is 29.0 Å². The lowest BCUT2D eigenvalue weighted by Gasteiger charge is -2.55. The Labute approximate surface area is 147 Å². The Balaban J connectivity index is 1.42. The summed E-state index contributed by atoms with van der Waals surface area (Å²) < 4.78 is 0. The molecule has 5 nitrogen and oxygen atoms in total. The normalized spacial score (nSPS) is 41.5. The van der Waals surface area contributed by atoms with Gasteiger partial charge in [-0.25, -0.2) is 0 Å². The van der Waals surface area contributed by atoms with Gasteiger partial charge in [-0.2, -0.15) is 0 Å². The highest BCUT2D eigenvalue weighted by Gasteiger charge is 2.51. The summed E-state index contributed by atoms with van der Waals surface area (Å²) in [6.07, 6.45) is 9.54. The highest BCUT2D eigenvalue weighted by molar-refractivity contribution is 8.15. The van der Waals surface area contributed by atoms with E-state index in [4.69, 9.17) is 4.99 Å².